The summed E-state index contributed by atoms with van der Waals surface area (Å²) in [5, 5.41) is 18.5. The van der Waals surface area contributed by atoms with E-state index in [0.717, 1.165) is 14.8 Å². The number of nitrogens with one attached hydrogen (secondary N) is 2. The smallest absolute Gasteiger partial charge is 0.256 e. The number of carbonyl (C=O) groups is 1. The molecule has 6 heteroatoms. The highest BCUT2D eigenvalue weighted by Crippen LogP contribution is 2.21. The van der Waals surface area contributed by atoms with Crippen LogP contribution in [-0.2, 0) is 0 Å². The van der Waals surface area contributed by atoms with Gasteiger partial charge in [0.1, 0.15) is 0 Å². The molecule has 23 heavy (non-hydrogen) atoms. The summed E-state index contributed by atoms with van der Waals surface area (Å²) in [7, 11) is 0. The van der Waals surface area contributed by atoms with Crippen molar-refractivity contribution < 1.29 is 4.79 Å². The van der Waals surface area contributed by atoms with E-state index in [-0.39, 0.29) is 5.91 Å². The molecule has 0 aliphatic heterocycles. The Kier molecular flexibility index (Phi) is 4.39. The molecule has 0 aliphatic carbocycles. The highest BCUT2D eigenvalue weighted by molar-refractivity contribution is 14.1. The van der Waals surface area contributed by atoms with Crippen molar-refractivity contribution in [3.63, 3.8) is 0 Å². The summed E-state index contributed by atoms with van der Waals surface area (Å²) in [5.74, 6) is 0.183. The predicted molar refractivity (Wildman–Crippen MR) is 95.9 cm³/mol. The van der Waals surface area contributed by atoms with E-state index < -0.39 is 0 Å². The molecule has 2 N–H and O–H groups in total. The third-order valence-electron chi connectivity index (χ3n) is 3.25. The number of nitrogens with zero attached hydrogens (tertiary/aromatic N) is 2. The van der Waals surface area contributed by atoms with Crippen molar-refractivity contribution in [2.24, 2.45) is 0 Å². The molecule has 0 saturated heterocycles. The number of benzene rings is 2. The zero-order valence-electron chi connectivity index (χ0n) is 11.9. The summed E-state index contributed by atoms with van der Waals surface area (Å²) in [5.41, 5.74) is 2.82. The van der Waals surface area contributed by atoms with Gasteiger partial charge < -0.3 is 5.32 Å². The quantitative estimate of drug-likeness (QED) is 0.640. The maximum atomic E-state index is 12.2. The number of H-pyrrole nitrogens is 1. The second kappa shape index (κ2) is 6.62. The first-order valence-electron chi connectivity index (χ1n) is 6.78. The highest BCUT2D eigenvalue weighted by Gasteiger charge is 2.09. The van der Waals surface area contributed by atoms with Gasteiger partial charge in [0.2, 0.25) is 0 Å². The van der Waals surface area contributed by atoms with Crippen molar-refractivity contribution in [3.8, 4) is 17.3 Å². The fourth-order valence-corrected chi connectivity index (χ4v) is 2.41. The molecule has 1 heterocycles. The number of amides is 1. The highest BCUT2D eigenvalue weighted by atomic mass is 127. The molecule has 0 aliphatic rings. The second-order valence-corrected chi connectivity index (χ2v) is 6.06. The monoisotopic (exact) mass is 414 g/mol. The number of carbonyl (C=O) groups excluding carboxylic acids is 1. The first kappa shape index (κ1) is 15.2. The van der Waals surface area contributed by atoms with Crippen LogP contribution < -0.4 is 5.32 Å². The number of hydrogen-bond acceptors (Lipinski definition) is 3. The van der Waals surface area contributed by atoms with E-state index in [4.69, 9.17) is 5.26 Å². The van der Waals surface area contributed by atoms with Crippen molar-refractivity contribution in [1.82, 2.24) is 10.2 Å². The van der Waals surface area contributed by atoms with Gasteiger partial charge >= 0.3 is 0 Å². The summed E-state index contributed by atoms with van der Waals surface area (Å²) in [4.78, 5) is 12.2. The van der Waals surface area contributed by atoms with Crippen LogP contribution in [0.15, 0.2) is 54.6 Å². The van der Waals surface area contributed by atoms with E-state index in [1.165, 1.54) is 0 Å². The van der Waals surface area contributed by atoms with Gasteiger partial charge in [0.05, 0.1) is 17.3 Å². The van der Waals surface area contributed by atoms with E-state index in [1.807, 2.05) is 30.3 Å². The minimum Gasteiger partial charge on any atom is -0.305 e. The van der Waals surface area contributed by atoms with Gasteiger partial charge in [-0.2, -0.15) is 10.4 Å². The molecule has 3 aromatic rings. The molecule has 1 aromatic heterocycles. The number of nitriles is 1. The summed E-state index contributed by atoms with van der Waals surface area (Å²) in [6, 6.07) is 18.2. The van der Waals surface area contributed by atoms with Crippen LogP contribution in [0.1, 0.15) is 15.9 Å². The lowest BCUT2D eigenvalue weighted by atomic mass is 10.1. The second-order valence-electron chi connectivity index (χ2n) is 4.82. The van der Waals surface area contributed by atoms with E-state index >= 15 is 0 Å². The van der Waals surface area contributed by atoms with Crippen LogP contribution in [-0.4, -0.2) is 16.1 Å². The fraction of sp³-hybridized carbons (Fsp3) is 0. The summed E-state index contributed by atoms with van der Waals surface area (Å²) in [6.45, 7) is 0. The normalized spacial score (nSPS) is 10.1. The number of hydrogen-bond donors (Lipinski definition) is 2. The predicted octanol–water partition coefficient (Wildman–Crippen LogP) is 3.81. The zero-order chi connectivity index (χ0) is 16.2. The van der Waals surface area contributed by atoms with Gasteiger partial charge in [-0.15, -0.1) is 0 Å². The maximum Gasteiger partial charge on any atom is 0.256 e. The van der Waals surface area contributed by atoms with Crippen LogP contribution >= 0.6 is 22.6 Å². The summed E-state index contributed by atoms with van der Waals surface area (Å²) in [6.07, 6.45) is 0. The molecule has 5 nitrogen and oxygen atoms in total. The molecule has 0 spiro atoms. The van der Waals surface area contributed by atoms with Crippen LogP contribution in [0.5, 0.6) is 0 Å². The van der Waals surface area contributed by atoms with Crippen LogP contribution in [0.25, 0.3) is 11.3 Å². The van der Waals surface area contributed by atoms with Gasteiger partial charge in [-0.05, 0) is 64.6 Å². The number of aromatic amines is 1. The number of aromatic nitrogens is 2. The molecule has 112 valence electrons. The van der Waals surface area contributed by atoms with Crippen molar-refractivity contribution in [3.05, 3.63) is 69.3 Å². The lowest BCUT2D eigenvalue weighted by molar-refractivity contribution is 0.102. The molecule has 0 radical (unpaired) electrons. The van der Waals surface area contributed by atoms with Gasteiger partial charge in [0.15, 0.2) is 5.82 Å². The molecule has 3 rings (SSSR count). The average molecular weight is 414 g/mol. The Morgan fingerprint density at radius 1 is 1.13 bits per heavy atom. The Balaban J connectivity index is 1.74. The van der Waals surface area contributed by atoms with E-state index in [2.05, 4.69) is 38.1 Å². The number of rotatable bonds is 3. The fourth-order valence-electron chi connectivity index (χ4n) is 2.05. The van der Waals surface area contributed by atoms with Gasteiger partial charge in [0, 0.05) is 15.2 Å². The Bertz CT molecular complexity index is 876. The van der Waals surface area contributed by atoms with Crippen LogP contribution in [0.2, 0.25) is 0 Å². The van der Waals surface area contributed by atoms with Crippen LogP contribution in [0.4, 0.5) is 5.82 Å². The molecule has 0 unspecified atom stereocenters. The van der Waals surface area contributed by atoms with E-state index in [9.17, 15) is 4.79 Å². The van der Waals surface area contributed by atoms with E-state index in [0.29, 0.717) is 16.9 Å². The topological polar surface area (TPSA) is 81.6 Å². The SMILES string of the molecule is N#Cc1ccc(C(=O)Nc2cc(-c3ccc(I)cc3)[nH]n2)cc1. The van der Waals surface area contributed by atoms with Gasteiger partial charge in [-0.25, -0.2) is 0 Å². The Labute approximate surface area is 146 Å². The Morgan fingerprint density at radius 2 is 1.83 bits per heavy atom. The van der Waals surface area contributed by atoms with Crippen LogP contribution in [0, 0.1) is 14.9 Å². The van der Waals surface area contributed by atoms with Gasteiger partial charge in [0.25, 0.3) is 5.91 Å². The lowest BCUT2D eigenvalue weighted by Crippen LogP contribution is -2.11. The zero-order valence-corrected chi connectivity index (χ0v) is 14.0. The van der Waals surface area contributed by atoms with Crippen molar-refractivity contribution >= 4 is 34.3 Å². The maximum absolute atomic E-state index is 12.2. The largest absolute Gasteiger partial charge is 0.305 e. The minimum atomic E-state index is -0.268. The molecular formula is C17H11IN4O. The lowest BCUT2D eigenvalue weighted by Gasteiger charge is -2.01. The van der Waals surface area contributed by atoms with Gasteiger partial charge in [-0.3, -0.25) is 9.89 Å². The average Bonchev–Trinajstić information content (AvgIpc) is 3.04. The van der Waals surface area contributed by atoms with Crippen molar-refractivity contribution in [2.45, 2.75) is 0 Å². The molecule has 0 fully saturated rings. The number of anilines is 1. The summed E-state index contributed by atoms with van der Waals surface area (Å²) >= 11 is 2.25. The van der Waals surface area contributed by atoms with Crippen molar-refractivity contribution in [2.75, 3.05) is 5.32 Å². The number of halogens is 1. The molecule has 0 atom stereocenters. The standard InChI is InChI=1S/C17H11IN4O/c18-14-7-5-12(6-8-14)15-9-16(22-21-15)20-17(23)13-3-1-11(10-19)2-4-13/h1-9H,(H2,20,21,22,23). The minimum absolute atomic E-state index is 0.268. The molecular weight excluding hydrogens is 403 g/mol. The van der Waals surface area contributed by atoms with Gasteiger partial charge in [-0.1, -0.05) is 12.1 Å². The molecule has 1 amide bonds. The summed E-state index contributed by atoms with van der Waals surface area (Å²) < 4.78 is 1.15. The van der Waals surface area contributed by atoms with Crippen molar-refractivity contribution in [1.29, 1.82) is 5.26 Å². The van der Waals surface area contributed by atoms with Crippen LogP contribution in [0.3, 0.4) is 0 Å². The van der Waals surface area contributed by atoms with E-state index in [1.54, 1.807) is 30.3 Å². The molecule has 0 saturated carbocycles. The Morgan fingerprint density at radius 3 is 2.48 bits per heavy atom. The first-order valence-corrected chi connectivity index (χ1v) is 7.86. The third-order valence-corrected chi connectivity index (χ3v) is 3.97. The molecule has 2 aromatic carbocycles. The first-order chi connectivity index (χ1) is 11.2. The third kappa shape index (κ3) is 3.57. The molecule has 0 bridgehead atoms. The Hall–Kier alpha value is -2.66.